The molecule has 5 rings (SSSR count). The molecule has 5 heterocycles. The number of hydrogen-bond acceptors (Lipinski definition) is 11. The molecule has 47 heavy (non-hydrogen) atoms. The van der Waals surface area contributed by atoms with Crippen LogP contribution in [-0.4, -0.2) is 82.2 Å². The quantitative estimate of drug-likeness (QED) is 0.293. The second-order valence-corrected chi connectivity index (χ2v) is 14.2. The number of piperidine rings is 1. The molecule has 1 saturated heterocycles. The van der Waals surface area contributed by atoms with Gasteiger partial charge in [0.15, 0.2) is 9.84 Å². The molecule has 0 bridgehead atoms. The number of alkyl halides is 2. The van der Waals surface area contributed by atoms with E-state index >= 15 is 8.78 Å². The first-order valence-corrected chi connectivity index (χ1v) is 16.5. The van der Waals surface area contributed by atoms with Gasteiger partial charge in [0, 0.05) is 36.8 Å². The Morgan fingerprint density at radius 2 is 1.81 bits per heavy atom. The van der Waals surface area contributed by atoms with Crippen LogP contribution in [0.4, 0.5) is 19.5 Å². The zero-order chi connectivity index (χ0) is 34.1. The van der Waals surface area contributed by atoms with Crippen LogP contribution >= 0.6 is 0 Å². The first-order chi connectivity index (χ1) is 22.0. The molecule has 1 fully saturated rings. The molecule has 1 aliphatic rings. The Bertz CT molecular complexity index is 1950. The summed E-state index contributed by atoms with van der Waals surface area (Å²) in [5.41, 5.74) is 1.51. The molecule has 0 spiro atoms. The minimum atomic E-state index is -3.56. The van der Waals surface area contributed by atoms with Crippen LogP contribution in [0.2, 0.25) is 0 Å². The zero-order valence-electron chi connectivity index (χ0n) is 26.4. The molecule has 0 aromatic carbocycles. The molecule has 1 atom stereocenters. The zero-order valence-corrected chi connectivity index (χ0v) is 27.2. The lowest BCUT2D eigenvalue weighted by atomic mass is 10.0. The van der Waals surface area contributed by atoms with Gasteiger partial charge in [-0.1, -0.05) is 0 Å². The summed E-state index contributed by atoms with van der Waals surface area (Å²) in [4.78, 5) is 48.0. The van der Waals surface area contributed by atoms with Crippen molar-refractivity contribution in [1.29, 1.82) is 0 Å². The summed E-state index contributed by atoms with van der Waals surface area (Å²) in [7, 11) is -3.56. The van der Waals surface area contributed by atoms with Gasteiger partial charge in [0.05, 0.1) is 57.9 Å². The molecule has 0 radical (unpaired) electrons. The summed E-state index contributed by atoms with van der Waals surface area (Å²) in [6, 6.07) is 6.73. The van der Waals surface area contributed by atoms with E-state index in [1.54, 1.807) is 58.2 Å². The van der Waals surface area contributed by atoms with Gasteiger partial charge in [-0.2, -0.15) is 0 Å². The van der Waals surface area contributed by atoms with Crippen molar-refractivity contribution in [3.63, 3.8) is 0 Å². The number of aryl methyl sites for hydroxylation is 1. The van der Waals surface area contributed by atoms with Crippen molar-refractivity contribution in [2.24, 2.45) is 0 Å². The Morgan fingerprint density at radius 1 is 1.06 bits per heavy atom. The van der Waals surface area contributed by atoms with Crippen molar-refractivity contribution < 1.29 is 31.5 Å². The summed E-state index contributed by atoms with van der Waals surface area (Å²) >= 11 is 0. The fourth-order valence-electron chi connectivity index (χ4n) is 4.96. The molecule has 4 aromatic rings. The smallest absolute Gasteiger partial charge is 0.408 e. The van der Waals surface area contributed by atoms with Crippen molar-refractivity contribution in [3.8, 4) is 11.4 Å². The standard InChI is InChI=1S/C31H34F2N8O5S/c1-18-25(47(5,44)45)12-20(15-35-18)27(42)37-16-21-13-24-19(14-36-21)6-7-22(38-24)23-8-10-34-28(39-23)41-11-9-26(31(32,33)17-41)40-29(43)46-30(2,3)4/h6-8,10,12-15,26H,9,11,16-17H2,1-5H3,(H,37,42)(H,40,43). The summed E-state index contributed by atoms with van der Waals surface area (Å²) in [6.45, 7) is 6.04. The maximum Gasteiger partial charge on any atom is 0.408 e. The number of alkyl carbamates (subject to hydrolysis) is 1. The molecule has 2 N–H and O–H groups in total. The summed E-state index contributed by atoms with van der Waals surface area (Å²) in [6.07, 6.45) is 4.49. The van der Waals surface area contributed by atoms with Crippen molar-refractivity contribution in [1.82, 2.24) is 35.6 Å². The number of carbonyl (C=O) groups excluding carboxylic acids is 2. The van der Waals surface area contributed by atoms with Crippen LogP contribution in [0.15, 0.2) is 53.8 Å². The molecule has 4 aromatic heterocycles. The third-order valence-electron chi connectivity index (χ3n) is 7.24. The number of fused-ring (bicyclic) bond motifs is 1. The van der Waals surface area contributed by atoms with Gasteiger partial charge in [-0.05, 0) is 64.4 Å². The van der Waals surface area contributed by atoms with Crippen LogP contribution in [0.25, 0.3) is 22.3 Å². The van der Waals surface area contributed by atoms with E-state index in [4.69, 9.17) is 4.74 Å². The minimum Gasteiger partial charge on any atom is -0.444 e. The maximum absolute atomic E-state index is 15.1. The minimum absolute atomic E-state index is 0.0213. The van der Waals surface area contributed by atoms with E-state index in [-0.39, 0.29) is 35.9 Å². The number of pyridine rings is 3. The van der Waals surface area contributed by atoms with Gasteiger partial charge in [0.2, 0.25) is 5.95 Å². The van der Waals surface area contributed by atoms with Gasteiger partial charge in [-0.15, -0.1) is 0 Å². The van der Waals surface area contributed by atoms with E-state index < -0.39 is 45.9 Å². The van der Waals surface area contributed by atoms with E-state index in [9.17, 15) is 18.0 Å². The number of aromatic nitrogens is 5. The predicted molar refractivity (Wildman–Crippen MR) is 169 cm³/mol. The second-order valence-electron chi connectivity index (χ2n) is 12.2. The molecule has 248 valence electrons. The van der Waals surface area contributed by atoms with Gasteiger partial charge in [0.1, 0.15) is 5.60 Å². The highest BCUT2D eigenvalue weighted by Gasteiger charge is 2.46. The third kappa shape index (κ3) is 8.11. The number of amides is 2. The SMILES string of the molecule is Cc1ncc(C(=O)NCc2cc3nc(-c4ccnc(N5CCC(NC(=O)OC(C)(C)C)C(F)(F)C5)n4)ccc3cn2)cc1S(C)(=O)=O. The number of sulfone groups is 1. The number of halogens is 2. The van der Waals surface area contributed by atoms with Gasteiger partial charge in [0.25, 0.3) is 11.8 Å². The monoisotopic (exact) mass is 668 g/mol. The second kappa shape index (κ2) is 12.7. The van der Waals surface area contributed by atoms with Crippen LogP contribution in [-0.2, 0) is 21.1 Å². The third-order valence-corrected chi connectivity index (χ3v) is 8.45. The molecule has 2 amide bonds. The molecule has 1 aliphatic heterocycles. The van der Waals surface area contributed by atoms with Crippen LogP contribution in [0, 0.1) is 6.92 Å². The van der Waals surface area contributed by atoms with Crippen molar-refractivity contribution in [2.75, 3.05) is 24.2 Å². The van der Waals surface area contributed by atoms with Crippen LogP contribution in [0.1, 0.15) is 48.9 Å². The summed E-state index contributed by atoms with van der Waals surface area (Å²) < 4.78 is 59.3. The van der Waals surface area contributed by atoms with Gasteiger partial charge < -0.3 is 20.3 Å². The van der Waals surface area contributed by atoms with Gasteiger partial charge in [-0.3, -0.25) is 14.8 Å². The molecular weight excluding hydrogens is 634 g/mol. The van der Waals surface area contributed by atoms with E-state index in [0.717, 1.165) is 11.6 Å². The molecule has 1 unspecified atom stereocenters. The largest absolute Gasteiger partial charge is 0.444 e. The number of hydrogen-bond donors (Lipinski definition) is 2. The van der Waals surface area contributed by atoms with Crippen LogP contribution < -0.4 is 15.5 Å². The van der Waals surface area contributed by atoms with E-state index in [1.807, 2.05) is 0 Å². The number of nitrogens with one attached hydrogen (secondary N) is 2. The molecule has 16 heteroatoms. The van der Waals surface area contributed by atoms with E-state index in [1.165, 1.54) is 23.4 Å². The molecule has 13 nitrogen and oxygen atoms in total. The van der Waals surface area contributed by atoms with Crippen LogP contribution in [0.5, 0.6) is 0 Å². The van der Waals surface area contributed by atoms with Crippen molar-refractivity contribution in [2.45, 2.75) is 63.1 Å². The van der Waals surface area contributed by atoms with Crippen LogP contribution in [0.3, 0.4) is 0 Å². The fraction of sp³-hybridized carbons (Fsp3) is 0.387. The summed E-state index contributed by atoms with van der Waals surface area (Å²) in [5.74, 6) is -3.68. The lowest BCUT2D eigenvalue weighted by Crippen LogP contribution is -2.59. The average Bonchev–Trinajstić information content (AvgIpc) is 2.99. The van der Waals surface area contributed by atoms with Crippen molar-refractivity contribution in [3.05, 3.63) is 65.9 Å². The van der Waals surface area contributed by atoms with Crippen molar-refractivity contribution >= 4 is 38.7 Å². The molecule has 0 aliphatic carbocycles. The molecule has 0 saturated carbocycles. The number of carbonyl (C=O) groups is 2. The normalized spacial score (nSPS) is 16.5. The first kappa shape index (κ1) is 33.5. The van der Waals surface area contributed by atoms with E-state index in [2.05, 4.69) is 35.6 Å². The predicted octanol–water partition coefficient (Wildman–Crippen LogP) is 3.86. The Kier molecular flexibility index (Phi) is 9.08. The number of rotatable bonds is 7. The van der Waals surface area contributed by atoms with Gasteiger partial charge >= 0.3 is 6.09 Å². The lowest BCUT2D eigenvalue weighted by Gasteiger charge is -2.38. The highest BCUT2D eigenvalue weighted by molar-refractivity contribution is 7.90. The lowest BCUT2D eigenvalue weighted by molar-refractivity contribution is -0.0461. The Labute approximate surface area is 270 Å². The van der Waals surface area contributed by atoms with E-state index in [0.29, 0.717) is 28.3 Å². The molecular formula is C31H34F2N8O5S. The average molecular weight is 669 g/mol. The fourth-order valence-corrected chi connectivity index (χ4v) is 5.89. The van der Waals surface area contributed by atoms with Gasteiger partial charge in [-0.25, -0.2) is 36.9 Å². The number of nitrogens with zero attached hydrogens (tertiary/aromatic N) is 6. The number of anilines is 1. The first-order valence-electron chi connectivity index (χ1n) is 14.6. The topological polar surface area (TPSA) is 169 Å². The number of ether oxygens (including phenoxy) is 1. The highest BCUT2D eigenvalue weighted by Crippen LogP contribution is 2.30. The Balaban J connectivity index is 1.28. The Hall–Kier alpha value is -4.86. The summed E-state index contributed by atoms with van der Waals surface area (Å²) in [5, 5.41) is 5.72. The Morgan fingerprint density at radius 3 is 2.51 bits per heavy atom. The maximum atomic E-state index is 15.1. The highest BCUT2D eigenvalue weighted by atomic mass is 32.2.